The SMILES string of the molecule is Cc1cncc(CNc2cc(-c3ccc(Cl)c(OC(F)F)c3)cnc2C=N)c1. The molecule has 2 N–H and O–H groups in total. The van der Waals surface area contributed by atoms with Crippen LogP contribution in [0.5, 0.6) is 5.75 Å². The largest absolute Gasteiger partial charge is 0.433 e. The van der Waals surface area contributed by atoms with Crippen molar-refractivity contribution in [2.75, 3.05) is 5.32 Å². The van der Waals surface area contributed by atoms with E-state index in [2.05, 4.69) is 20.0 Å². The highest BCUT2D eigenvalue weighted by atomic mass is 35.5. The van der Waals surface area contributed by atoms with Gasteiger partial charge in [-0.25, -0.2) is 0 Å². The highest BCUT2D eigenvalue weighted by molar-refractivity contribution is 6.32. The summed E-state index contributed by atoms with van der Waals surface area (Å²) in [6, 6.07) is 8.42. The van der Waals surface area contributed by atoms with E-state index in [1.54, 1.807) is 30.7 Å². The van der Waals surface area contributed by atoms with Crippen LogP contribution in [-0.4, -0.2) is 22.8 Å². The standard InChI is InChI=1S/C20H17ClF2N4O/c1-12-4-13(9-25-8-12)10-26-17-5-15(11-27-18(17)7-24)14-2-3-16(21)19(6-14)28-20(22)23/h2-9,11,20,24,26H,10H2,1H3. The van der Waals surface area contributed by atoms with Crippen molar-refractivity contribution < 1.29 is 13.5 Å². The molecule has 0 aliphatic heterocycles. The molecular formula is C20H17ClF2N4O. The minimum absolute atomic E-state index is 0.0958. The molecule has 0 radical (unpaired) electrons. The van der Waals surface area contributed by atoms with Crippen LogP contribution in [0.25, 0.3) is 11.1 Å². The summed E-state index contributed by atoms with van der Waals surface area (Å²) < 4.78 is 29.6. The maximum absolute atomic E-state index is 12.6. The Hall–Kier alpha value is -3.06. The molecule has 5 nitrogen and oxygen atoms in total. The Morgan fingerprint density at radius 3 is 2.71 bits per heavy atom. The van der Waals surface area contributed by atoms with Crippen molar-refractivity contribution in [1.29, 1.82) is 5.41 Å². The van der Waals surface area contributed by atoms with E-state index in [1.807, 2.05) is 13.0 Å². The number of hydrogen-bond donors (Lipinski definition) is 2. The van der Waals surface area contributed by atoms with Gasteiger partial charge < -0.3 is 15.5 Å². The molecule has 0 fully saturated rings. The van der Waals surface area contributed by atoms with E-state index in [4.69, 9.17) is 17.0 Å². The first-order valence-electron chi connectivity index (χ1n) is 8.36. The van der Waals surface area contributed by atoms with Crippen LogP contribution >= 0.6 is 11.6 Å². The molecule has 0 bridgehead atoms. The quantitative estimate of drug-likeness (QED) is 0.525. The lowest BCUT2D eigenvalue weighted by Gasteiger charge is -2.13. The van der Waals surface area contributed by atoms with Gasteiger partial charge in [-0.2, -0.15) is 8.78 Å². The van der Waals surface area contributed by atoms with Gasteiger partial charge in [0.2, 0.25) is 0 Å². The molecule has 1 aromatic carbocycles. The zero-order valence-corrected chi connectivity index (χ0v) is 15.7. The van der Waals surface area contributed by atoms with Crippen LogP contribution in [0.15, 0.2) is 48.9 Å². The molecule has 0 aliphatic carbocycles. The lowest BCUT2D eigenvalue weighted by Crippen LogP contribution is -2.05. The van der Waals surface area contributed by atoms with Gasteiger partial charge in [0, 0.05) is 36.9 Å². The number of aromatic nitrogens is 2. The third kappa shape index (κ3) is 4.80. The number of benzene rings is 1. The topological polar surface area (TPSA) is 70.9 Å². The average Bonchev–Trinajstić information content (AvgIpc) is 2.67. The number of pyridine rings is 2. The van der Waals surface area contributed by atoms with Crippen LogP contribution < -0.4 is 10.1 Å². The fourth-order valence-corrected chi connectivity index (χ4v) is 2.83. The van der Waals surface area contributed by atoms with Crippen molar-refractivity contribution in [3.8, 4) is 16.9 Å². The maximum atomic E-state index is 12.6. The molecule has 0 atom stereocenters. The Kier molecular flexibility index (Phi) is 6.16. The first kappa shape index (κ1) is 19.7. The zero-order valence-electron chi connectivity index (χ0n) is 14.9. The third-order valence-electron chi connectivity index (χ3n) is 3.95. The lowest BCUT2D eigenvalue weighted by atomic mass is 10.1. The number of rotatable bonds is 7. The van der Waals surface area contributed by atoms with Crippen LogP contribution in [0, 0.1) is 12.3 Å². The number of nitrogens with one attached hydrogen (secondary N) is 2. The first-order chi connectivity index (χ1) is 13.5. The van der Waals surface area contributed by atoms with Crippen molar-refractivity contribution >= 4 is 23.5 Å². The van der Waals surface area contributed by atoms with Crippen LogP contribution in [-0.2, 0) is 6.54 Å². The Bertz CT molecular complexity index is 998. The Balaban J connectivity index is 1.89. The van der Waals surface area contributed by atoms with Crippen LogP contribution in [0.3, 0.4) is 0 Å². The summed E-state index contributed by atoms with van der Waals surface area (Å²) in [6.45, 7) is -0.506. The Morgan fingerprint density at radius 2 is 2.00 bits per heavy atom. The summed E-state index contributed by atoms with van der Waals surface area (Å²) in [5.74, 6) is -0.106. The number of aryl methyl sites for hydroxylation is 1. The van der Waals surface area contributed by atoms with Crippen molar-refractivity contribution in [2.24, 2.45) is 0 Å². The van der Waals surface area contributed by atoms with Gasteiger partial charge in [-0.05, 0) is 41.8 Å². The molecule has 0 saturated heterocycles. The van der Waals surface area contributed by atoms with Crippen molar-refractivity contribution in [3.05, 3.63) is 70.8 Å². The number of nitrogens with zero attached hydrogens (tertiary/aromatic N) is 2. The van der Waals surface area contributed by atoms with Crippen molar-refractivity contribution in [3.63, 3.8) is 0 Å². The molecule has 144 valence electrons. The summed E-state index contributed by atoms with van der Waals surface area (Å²) >= 11 is 5.91. The smallest absolute Gasteiger partial charge is 0.387 e. The Labute approximate surface area is 165 Å². The molecule has 0 amide bonds. The van der Waals surface area contributed by atoms with E-state index >= 15 is 0 Å². The molecule has 2 heterocycles. The molecular weight excluding hydrogens is 386 g/mol. The molecule has 2 aromatic heterocycles. The van der Waals surface area contributed by atoms with Gasteiger partial charge in [-0.3, -0.25) is 9.97 Å². The highest BCUT2D eigenvalue weighted by Gasteiger charge is 2.12. The Morgan fingerprint density at radius 1 is 1.18 bits per heavy atom. The van der Waals surface area contributed by atoms with E-state index in [1.165, 1.54) is 12.1 Å². The molecule has 28 heavy (non-hydrogen) atoms. The third-order valence-corrected chi connectivity index (χ3v) is 4.26. The van der Waals surface area contributed by atoms with E-state index in [9.17, 15) is 8.78 Å². The number of ether oxygens (including phenoxy) is 1. The average molecular weight is 403 g/mol. The monoisotopic (exact) mass is 402 g/mol. The predicted molar refractivity (Wildman–Crippen MR) is 106 cm³/mol. The predicted octanol–water partition coefficient (Wildman–Crippen LogP) is 5.32. The van der Waals surface area contributed by atoms with Gasteiger partial charge in [-0.1, -0.05) is 23.7 Å². The van der Waals surface area contributed by atoms with Crippen LogP contribution in [0.2, 0.25) is 5.02 Å². The van der Waals surface area contributed by atoms with E-state index in [0.29, 0.717) is 29.1 Å². The van der Waals surface area contributed by atoms with Crippen molar-refractivity contribution in [2.45, 2.75) is 20.1 Å². The lowest BCUT2D eigenvalue weighted by molar-refractivity contribution is -0.0497. The minimum Gasteiger partial charge on any atom is -0.433 e. The summed E-state index contributed by atoms with van der Waals surface area (Å²) in [6.07, 6.45) is 6.24. The van der Waals surface area contributed by atoms with Gasteiger partial charge in [0.25, 0.3) is 0 Å². The van der Waals surface area contributed by atoms with Gasteiger partial charge in [-0.15, -0.1) is 0 Å². The number of anilines is 1. The second kappa shape index (κ2) is 8.75. The van der Waals surface area contributed by atoms with Crippen molar-refractivity contribution in [1.82, 2.24) is 9.97 Å². The number of halogens is 3. The van der Waals surface area contributed by atoms with Gasteiger partial charge in [0.1, 0.15) is 11.4 Å². The highest BCUT2D eigenvalue weighted by Crippen LogP contribution is 2.32. The van der Waals surface area contributed by atoms with E-state index < -0.39 is 6.61 Å². The molecule has 0 saturated carbocycles. The zero-order chi connectivity index (χ0) is 20.1. The minimum atomic E-state index is -2.97. The summed E-state index contributed by atoms with van der Waals surface area (Å²) in [5.41, 5.74) is 4.42. The van der Waals surface area contributed by atoms with E-state index in [-0.39, 0.29) is 10.8 Å². The molecule has 0 unspecified atom stereocenters. The number of alkyl halides is 2. The summed E-state index contributed by atoms with van der Waals surface area (Å²) in [7, 11) is 0. The summed E-state index contributed by atoms with van der Waals surface area (Å²) in [5, 5.41) is 10.9. The second-order valence-corrected chi connectivity index (χ2v) is 6.46. The normalized spacial score (nSPS) is 10.8. The fourth-order valence-electron chi connectivity index (χ4n) is 2.67. The van der Waals surface area contributed by atoms with E-state index in [0.717, 1.165) is 17.3 Å². The van der Waals surface area contributed by atoms with Crippen LogP contribution in [0.1, 0.15) is 16.8 Å². The fraction of sp³-hybridized carbons (Fsp3) is 0.150. The first-order valence-corrected chi connectivity index (χ1v) is 8.73. The molecule has 0 spiro atoms. The van der Waals surface area contributed by atoms with Gasteiger partial charge in [0.15, 0.2) is 0 Å². The molecule has 8 heteroatoms. The number of hydrogen-bond acceptors (Lipinski definition) is 5. The molecule has 3 rings (SSSR count). The molecule has 3 aromatic rings. The van der Waals surface area contributed by atoms with Gasteiger partial charge >= 0.3 is 6.61 Å². The summed E-state index contributed by atoms with van der Waals surface area (Å²) in [4.78, 5) is 8.43. The van der Waals surface area contributed by atoms with Gasteiger partial charge in [0.05, 0.1) is 10.7 Å². The maximum Gasteiger partial charge on any atom is 0.387 e. The van der Waals surface area contributed by atoms with Crippen LogP contribution in [0.4, 0.5) is 14.5 Å². The second-order valence-electron chi connectivity index (χ2n) is 6.05. The molecule has 0 aliphatic rings.